The van der Waals surface area contributed by atoms with Crippen molar-refractivity contribution in [3.63, 3.8) is 0 Å². The standard InChI is InChI=1S/C20H18F3N3O3/c1-2-28-19-15(14-3-4-24-18(8-14)29-20(22)23)6-12(10-26-19)5-13-7-16(21)17(11-27)25-9-13/h3-4,6-10,20,27H,2,5,11H2,1H3. The highest BCUT2D eigenvalue weighted by molar-refractivity contribution is 5.69. The second kappa shape index (κ2) is 9.33. The van der Waals surface area contributed by atoms with Crippen molar-refractivity contribution >= 4 is 0 Å². The summed E-state index contributed by atoms with van der Waals surface area (Å²) >= 11 is 0. The zero-order chi connectivity index (χ0) is 20.8. The molecule has 0 unspecified atom stereocenters. The Morgan fingerprint density at radius 3 is 2.52 bits per heavy atom. The number of hydrogen-bond donors (Lipinski definition) is 1. The van der Waals surface area contributed by atoms with E-state index < -0.39 is 19.0 Å². The van der Waals surface area contributed by atoms with Gasteiger partial charge in [-0.25, -0.2) is 14.4 Å². The smallest absolute Gasteiger partial charge is 0.388 e. The molecule has 29 heavy (non-hydrogen) atoms. The molecular weight excluding hydrogens is 387 g/mol. The monoisotopic (exact) mass is 405 g/mol. The Balaban J connectivity index is 1.95. The molecular formula is C20H18F3N3O3. The summed E-state index contributed by atoms with van der Waals surface area (Å²) in [5.74, 6) is -0.492. The largest absolute Gasteiger partial charge is 0.478 e. The summed E-state index contributed by atoms with van der Waals surface area (Å²) in [6.07, 6.45) is 4.74. The SMILES string of the molecule is CCOc1ncc(Cc2cnc(CO)c(F)c2)cc1-c1ccnc(OC(F)F)c1. The summed E-state index contributed by atoms with van der Waals surface area (Å²) in [5, 5.41) is 9.03. The van der Waals surface area contributed by atoms with Gasteiger partial charge in [-0.15, -0.1) is 0 Å². The topological polar surface area (TPSA) is 77.4 Å². The average Bonchev–Trinajstić information content (AvgIpc) is 2.69. The van der Waals surface area contributed by atoms with Crippen LogP contribution < -0.4 is 9.47 Å². The second-order valence-corrected chi connectivity index (χ2v) is 6.00. The lowest BCUT2D eigenvalue weighted by Crippen LogP contribution is -2.04. The van der Waals surface area contributed by atoms with E-state index in [1.165, 1.54) is 24.5 Å². The summed E-state index contributed by atoms with van der Waals surface area (Å²) in [4.78, 5) is 12.0. The Bertz CT molecular complexity index is 986. The van der Waals surface area contributed by atoms with Gasteiger partial charge in [-0.3, -0.25) is 4.98 Å². The first kappa shape index (κ1) is 20.5. The molecule has 0 atom stereocenters. The van der Waals surface area contributed by atoms with E-state index in [0.717, 1.165) is 5.56 Å². The Morgan fingerprint density at radius 1 is 1.07 bits per heavy atom. The normalized spacial score (nSPS) is 11.0. The predicted octanol–water partition coefficient (Wildman–Crippen LogP) is 3.76. The number of hydrogen-bond acceptors (Lipinski definition) is 6. The van der Waals surface area contributed by atoms with Crippen molar-refractivity contribution in [3.05, 3.63) is 65.5 Å². The zero-order valence-corrected chi connectivity index (χ0v) is 15.5. The molecule has 0 aromatic carbocycles. The van der Waals surface area contributed by atoms with Gasteiger partial charge < -0.3 is 14.6 Å². The number of aliphatic hydroxyl groups excluding tert-OH is 1. The number of ether oxygens (including phenoxy) is 2. The Kier molecular flexibility index (Phi) is 6.61. The average molecular weight is 405 g/mol. The number of nitrogens with zero attached hydrogens (tertiary/aromatic N) is 3. The van der Waals surface area contributed by atoms with Crippen LogP contribution in [0.1, 0.15) is 23.7 Å². The van der Waals surface area contributed by atoms with E-state index in [0.29, 0.717) is 35.6 Å². The minimum absolute atomic E-state index is 0.0254. The van der Waals surface area contributed by atoms with Gasteiger partial charge in [0.25, 0.3) is 0 Å². The molecule has 0 fully saturated rings. The highest BCUT2D eigenvalue weighted by Gasteiger charge is 2.13. The molecule has 1 N–H and O–H groups in total. The number of halogens is 3. The molecule has 3 rings (SSSR count). The first-order valence-corrected chi connectivity index (χ1v) is 8.77. The maximum Gasteiger partial charge on any atom is 0.388 e. The maximum absolute atomic E-state index is 13.9. The van der Waals surface area contributed by atoms with Gasteiger partial charge in [0.05, 0.1) is 13.2 Å². The molecule has 0 aliphatic rings. The fraction of sp³-hybridized carbons (Fsp3) is 0.250. The summed E-state index contributed by atoms with van der Waals surface area (Å²) in [6, 6.07) is 6.07. The van der Waals surface area contributed by atoms with Crippen LogP contribution >= 0.6 is 0 Å². The van der Waals surface area contributed by atoms with Crippen molar-refractivity contribution in [1.82, 2.24) is 15.0 Å². The van der Waals surface area contributed by atoms with Crippen LogP contribution in [0.4, 0.5) is 13.2 Å². The second-order valence-electron chi connectivity index (χ2n) is 6.00. The van der Waals surface area contributed by atoms with E-state index in [1.54, 1.807) is 25.3 Å². The van der Waals surface area contributed by atoms with Crippen LogP contribution in [-0.4, -0.2) is 33.3 Å². The fourth-order valence-electron chi connectivity index (χ4n) is 2.74. The number of rotatable bonds is 8. The van der Waals surface area contributed by atoms with Crippen LogP contribution in [0.2, 0.25) is 0 Å². The molecule has 0 amide bonds. The molecule has 0 spiro atoms. The van der Waals surface area contributed by atoms with E-state index >= 15 is 0 Å². The van der Waals surface area contributed by atoms with Crippen LogP contribution in [0.25, 0.3) is 11.1 Å². The Labute approximate surface area is 165 Å². The minimum atomic E-state index is -2.99. The number of aromatic nitrogens is 3. The predicted molar refractivity (Wildman–Crippen MR) is 98.2 cm³/mol. The molecule has 0 saturated heterocycles. The lowest BCUT2D eigenvalue weighted by atomic mass is 10.0. The van der Waals surface area contributed by atoms with Gasteiger partial charge in [-0.1, -0.05) is 0 Å². The van der Waals surface area contributed by atoms with Crippen LogP contribution in [0.3, 0.4) is 0 Å². The van der Waals surface area contributed by atoms with Crippen molar-refractivity contribution in [2.24, 2.45) is 0 Å². The fourth-order valence-corrected chi connectivity index (χ4v) is 2.74. The molecule has 0 saturated carbocycles. The van der Waals surface area contributed by atoms with Crippen LogP contribution in [0, 0.1) is 5.82 Å². The molecule has 0 radical (unpaired) electrons. The van der Waals surface area contributed by atoms with Crippen LogP contribution in [-0.2, 0) is 13.0 Å². The van der Waals surface area contributed by atoms with Crippen molar-refractivity contribution < 1.29 is 27.8 Å². The lowest BCUT2D eigenvalue weighted by Gasteiger charge is -2.12. The third-order valence-corrected chi connectivity index (χ3v) is 3.98. The van der Waals surface area contributed by atoms with E-state index in [4.69, 9.17) is 9.84 Å². The van der Waals surface area contributed by atoms with E-state index in [-0.39, 0.29) is 11.6 Å². The minimum Gasteiger partial charge on any atom is -0.478 e. The number of pyridine rings is 3. The summed E-state index contributed by atoms with van der Waals surface area (Å²) < 4.78 is 48.8. The van der Waals surface area contributed by atoms with Gasteiger partial charge in [-0.2, -0.15) is 8.78 Å². The van der Waals surface area contributed by atoms with Crippen LogP contribution in [0.5, 0.6) is 11.8 Å². The molecule has 152 valence electrons. The zero-order valence-electron chi connectivity index (χ0n) is 15.5. The van der Waals surface area contributed by atoms with Gasteiger partial charge in [0.2, 0.25) is 11.8 Å². The molecule has 0 aliphatic carbocycles. The van der Waals surface area contributed by atoms with Gasteiger partial charge in [-0.05, 0) is 41.8 Å². The van der Waals surface area contributed by atoms with Crippen LogP contribution in [0.15, 0.2) is 42.9 Å². The van der Waals surface area contributed by atoms with Crippen molar-refractivity contribution in [3.8, 4) is 22.9 Å². The van der Waals surface area contributed by atoms with Gasteiger partial charge in [0.15, 0.2) is 0 Å². The maximum atomic E-state index is 13.9. The first-order valence-electron chi connectivity index (χ1n) is 8.77. The quantitative estimate of drug-likeness (QED) is 0.615. The molecule has 3 aromatic rings. The third-order valence-electron chi connectivity index (χ3n) is 3.98. The third kappa shape index (κ3) is 5.20. The molecule has 6 nitrogen and oxygen atoms in total. The highest BCUT2D eigenvalue weighted by Crippen LogP contribution is 2.31. The molecule has 3 aromatic heterocycles. The summed E-state index contributed by atoms with van der Waals surface area (Å²) in [7, 11) is 0. The van der Waals surface area contributed by atoms with Gasteiger partial charge in [0.1, 0.15) is 11.5 Å². The van der Waals surface area contributed by atoms with E-state index in [9.17, 15) is 13.2 Å². The molecule has 0 aliphatic heterocycles. The Hall–Kier alpha value is -3.20. The molecule has 9 heteroatoms. The van der Waals surface area contributed by atoms with Gasteiger partial charge >= 0.3 is 6.61 Å². The summed E-state index contributed by atoms with van der Waals surface area (Å²) in [6.45, 7) is -1.30. The van der Waals surface area contributed by atoms with Crippen molar-refractivity contribution in [2.45, 2.75) is 26.6 Å². The summed E-state index contributed by atoms with van der Waals surface area (Å²) in [5.41, 5.74) is 2.39. The molecule has 3 heterocycles. The van der Waals surface area contributed by atoms with Crippen molar-refractivity contribution in [1.29, 1.82) is 0 Å². The van der Waals surface area contributed by atoms with Crippen molar-refractivity contribution in [2.75, 3.05) is 6.61 Å². The Morgan fingerprint density at radius 2 is 1.83 bits per heavy atom. The van der Waals surface area contributed by atoms with Gasteiger partial charge in [0, 0.05) is 36.6 Å². The van der Waals surface area contributed by atoms with E-state index in [1.807, 2.05) is 0 Å². The highest BCUT2D eigenvalue weighted by atomic mass is 19.3. The van der Waals surface area contributed by atoms with E-state index in [2.05, 4.69) is 19.7 Å². The molecule has 0 bridgehead atoms. The number of aliphatic hydroxyl groups is 1. The first-order chi connectivity index (χ1) is 14.0. The lowest BCUT2D eigenvalue weighted by molar-refractivity contribution is -0.0528. The number of alkyl halides is 2.